The second-order valence-corrected chi connectivity index (χ2v) is 15.2. The van der Waals surface area contributed by atoms with Crippen molar-refractivity contribution in [1.82, 2.24) is 35.7 Å². The molecule has 2 aromatic carbocycles. The topological polar surface area (TPSA) is 178 Å². The lowest BCUT2D eigenvalue weighted by Gasteiger charge is -2.36. The van der Waals surface area contributed by atoms with Crippen LogP contribution >= 0.6 is 0 Å². The Hall–Kier alpha value is -5.48. The molecule has 0 bridgehead atoms. The molecule has 1 aromatic heterocycles. The molecule has 284 valence electrons. The van der Waals surface area contributed by atoms with Gasteiger partial charge >= 0.3 is 18.4 Å². The lowest BCUT2D eigenvalue weighted by molar-refractivity contribution is -0.274. The Morgan fingerprint density at radius 3 is 2.08 bits per heavy atom. The molecule has 0 spiro atoms. The van der Waals surface area contributed by atoms with Crippen LogP contribution in [-0.4, -0.2) is 90.2 Å². The first kappa shape index (κ1) is 38.7. The van der Waals surface area contributed by atoms with Gasteiger partial charge in [-0.3, -0.25) is 9.59 Å². The minimum atomic E-state index is -4.80. The molecule has 2 heterocycles. The highest BCUT2D eigenvalue weighted by Crippen LogP contribution is 2.45. The van der Waals surface area contributed by atoms with Crippen LogP contribution in [0.4, 0.5) is 18.0 Å². The first-order valence-electron chi connectivity index (χ1n) is 16.8. The van der Waals surface area contributed by atoms with Gasteiger partial charge in [0.05, 0.1) is 6.04 Å². The number of aliphatic carboxylic acids is 1. The molecule has 3 N–H and O–H groups in total. The van der Waals surface area contributed by atoms with E-state index in [4.69, 9.17) is 4.74 Å². The van der Waals surface area contributed by atoms with Gasteiger partial charge in [0.1, 0.15) is 29.0 Å². The van der Waals surface area contributed by atoms with E-state index in [1.54, 1.807) is 65.8 Å². The van der Waals surface area contributed by atoms with Crippen LogP contribution in [0.1, 0.15) is 60.4 Å². The number of carbonyl (C=O) groups is 4. The van der Waals surface area contributed by atoms with E-state index in [2.05, 4.69) is 37.4 Å². The monoisotopic (exact) mass is 741 g/mol. The first-order valence-corrected chi connectivity index (χ1v) is 16.8. The fraction of sp³-hybridized carbons (Fsp3) is 0.472. The number of tetrazole rings is 1. The highest BCUT2D eigenvalue weighted by molar-refractivity contribution is 5.96. The van der Waals surface area contributed by atoms with Crippen molar-refractivity contribution in [2.45, 2.75) is 90.0 Å². The van der Waals surface area contributed by atoms with Crippen molar-refractivity contribution in [3.05, 3.63) is 61.2 Å². The molecule has 1 aliphatic heterocycles. The number of carboxylic acid groups (broad SMARTS) is 1. The van der Waals surface area contributed by atoms with Gasteiger partial charge in [0.15, 0.2) is 0 Å². The molecular formula is C36H42F3N7O7. The maximum atomic E-state index is 14.3. The van der Waals surface area contributed by atoms with Crippen molar-refractivity contribution in [2.24, 2.45) is 11.3 Å². The maximum absolute atomic E-state index is 14.3. The van der Waals surface area contributed by atoms with Gasteiger partial charge in [0.2, 0.25) is 17.6 Å². The molecule has 5 rings (SSSR count). The third-order valence-corrected chi connectivity index (χ3v) is 8.99. The molecule has 2 aliphatic rings. The number of amides is 3. The van der Waals surface area contributed by atoms with Gasteiger partial charge in [-0.25, -0.2) is 9.59 Å². The number of aromatic nitrogens is 4. The lowest BCUT2D eigenvalue weighted by atomic mass is 9.85. The summed E-state index contributed by atoms with van der Waals surface area (Å²) in [5.74, 6) is -3.09. The van der Waals surface area contributed by atoms with Gasteiger partial charge in [-0.15, -0.1) is 29.9 Å². The van der Waals surface area contributed by atoms with Crippen LogP contribution in [0, 0.1) is 11.3 Å². The van der Waals surface area contributed by atoms with E-state index in [9.17, 15) is 37.5 Å². The minimum absolute atomic E-state index is 0.0120. The van der Waals surface area contributed by atoms with E-state index in [1.165, 1.54) is 40.0 Å². The van der Waals surface area contributed by atoms with E-state index in [-0.39, 0.29) is 31.0 Å². The Morgan fingerprint density at radius 1 is 0.981 bits per heavy atom. The number of rotatable bonds is 10. The van der Waals surface area contributed by atoms with Crippen molar-refractivity contribution in [3.8, 4) is 28.3 Å². The van der Waals surface area contributed by atoms with Crippen LogP contribution in [0.25, 0.3) is 22.5 Å². The van der Waals surface area contributed by atoms with Crippen molar-refractivity contribution in [1.29, 1.82) is 0 Å². The van der Waals surface area contributed by atoms with Crippen LogP contribution in [0.15, 0.2) is 61.2 Å². The van der Waals surface area contributed by atoms with Crippen LogP contribution < -0.4 is 15.4 Å². The number of alkyl halides is 3. The zero-order valence-electron chi connectivity index (χ0n) is 30.1. The zero-order valence-corrected chi connectivity index (χ0v) is 30.1. The summed E-state index contributed by atoms with van der Waals surface area (Å²) < 4.78 is 47.0. The molecule has 53 heavy (non-hydrogen) atoms. The van der Waals surface area contributed by atoms with Crippen molar-refractivity contribution in [3.63, 3.8) is 0 Å². The van der Waals surface area contributed by atoms with Crippen LogP contribution in [0.3, 0.4) is 0 Å². The highest BCUT2D eigenvalue weighted by atomic mass is 19.4. The molecule has 1 saturated heterocycles. The normalized spacial score (nSPS) is 22.1. The summed E-state index contributed by atoms with van der Waals surface area (Å²) >= 11 is 0. The number of hydrogen-bond acceptors (Lipinski definition) is 9. The largest absolute Gasteiger partial charge is 0.573 e. The third kappa shape index (κ3) is 8.95. The standard InChI is InChI=1S/C36H42F3N7O7/c1-8-23-18-35(23,31(49)50)41-29(47)26-17-24(19-45(26)30(48)27(33(2,3)4)40-32(51)53-34(5,6)7)46-43-28(42-44-46)22-11-9-20(10-12-22)21-13-15-25(16-14-21)52-36(37,38)39/h8-16,23-24,26-27H,1,17-19H2,2-7H3,(H,40,51)(H,41,47)(H,49,50). The summed E-state index contributed by atoms with van der Waals surface area (Å²) in [6.45, 7) is 13.9. The Morgan fingerprint density at radius 2 is 1.57 bits per heavy atom. The van der Waals surface area contributed by atoms with E-state index >= 15 is 0 Å². The fourth-order valence-electron chi connectivity index (χ4n) is 6.19. The van der Waals surface area contributed by atoms with Crippen molar-refractivity contribution >= 4 is 23.9 Å². The van der Waals surface area contributed by atoms with Crippen LogP contribution in [0.2, 0.25) is 0 Å². The van der Waals surface area contributed by atoms with Gasteiger partial charge in [-0.1, -0.05) is 63.2 Å². The predicted octanol–water partition coefficient (Wildman–Crippen LogP) is 5.13. The molecule has 1 aliphatic carbocycles. The number of ether oxygens (including phenoxy) is 2. The average molecular weight is 742 g/mol. The van der Waals surface area contributed by atoms with Gasteiger partial charge in [-0.2, -0.15) is 4.80 Å². The minimum Gasteiger partial charge on any atom is -0.479 e. The highest BCUT2D eigenvalue weighted by Gasteiger charge is 2.61. The molecule has 3 aromatic rings. The number of alkyl carbamates (subject to hydrolysis) is 1. The number of halogens is 3. The van der Waals surface area contributed by atoms with Crippen LogP contribution in [0.5, 0.6) is 5.75 Å². The number of hydrogen-bond donors (Lipinski definition) is 3. The summed E-state index contributed by atoms with van der Waals surface area (Å²) in [6, 6.07) is 9.39. The second-order valence-electron chi connectivity index (χ2n) is 15.2. The quantitative estimate of drug-likeness (QED) is 0.236. The first-order chi connectivity index (χ1) is 24.6. The molecule has 2 fully saturated rings. The summed E-state index contributed by atoms with van der Waals surface area (Å²) in [7, 11) is 0. The van der Waals surface area contributed by atoms with Gasteiger partial charge in [-0.05, 0) is 61.1 Å². The Balaban J connectivity index is 1.38. The lowest BCUT2D eigenvalue weighted by Crippen LogP contribution is -2.59. The Bertz CT molecular complexity index is 1870. The molecular weight excluding hydrogens is 699 g/mol. The number of carboxylic acids is 1. The summed E-state index contributed by atoms with van der Waals surface area (Å²) in [4.78, 5) is 55.8. The average Bonchev–Trinajstić information content (AvgIpc) is 3.35. The molecule has 1 saturated carbocycles. The third-order valence-electron chi connectivity index (χ3n) is 8.99. The van der Waals surface area contributed by atoms with Crippen LogP contribution in [-0.2, 0) is 19.1 Å². The number of nitrogens with one attached hydrogen (secondary N) is 2. The molecule has 3 amide bonds. The van der Waals surface area contributed by atoms with E-state index < -0.39 is 70.8 Å². The maximum Gasteiger partial charge on any atom is 0.573 e. The van der Waals surface area contributed by atoms with Gasteiger partial charge in [0, 0.05) is 24.4 Å². The molecule has 0 radical (unpaired) electrons. The zero-order chi connectivity index (χ0) is 39.1. The number of benzene rings is 2. The molecule has 5 unspecified atom stereocenters. The number of carbonyl (C=O) groups excluding carboxylic acids is 3. The molecule has 17 heteroatoms. The molecule has 5 atom stereocenters. The van der Waals surface area contributed by atoms with Gasteiger partial charge in [0.25, 0.3) is 0 Å². The predicted molar refractivity (Wildman–Crippen MR) is 184 cm³/mol. The summed E-state index contributed by atoms with van der Waals surface area (Å²) in [5.41, 5.74) is -1.30. The smallest absolute Gasteiger partial charge is 0.479 e. The summed E-state index contributed by atoms with van der Waals surface area (Å²) in [5, 5.41) is 28.2. The number of nitrogens with zero attached hydrogens (tertiary/aromatic N) is 5. The summed E-state index contributed by atoms with van der Waals surface area (Å²) in [6.07, 6.45) is -3.99. The van der Waals surface area contributed by atoms with E-state index in [0.717, 1.165) is 0 Å². The van der Waals surface area contributed by atoms with E-state index in [1.807, 2.05) is 0 Å². The van der Waals surface area contributed by atoms with Crippen molar-refractivity contribution in [2.75, 3.05) is 6.54 Å². The fourth-order valence-corrected chi connectivity index (χ4v) is 6.19. The second kappa shape index (κ2) is 14.2. The molecule has 14 nitrogen and oxygen atoms in total. The van der Waals surface area contributed by atoms with Crippen molar-refractivity contribution < 1.29 is 46.9 Å². The van der Waals surface area contributed by atoms with E-state index in [0.29, 0.717) is 16.7 Å². The Kier molecular flexibility index (Phi) is 10.3. The SMILES string of the molecule is C=CC1CC1(NC(=O)C1CC(n2nnc(-c3ccc(-c4ccc(OC(F)(F)F)cc4)cc3)n2)CN1C(=O)C(NC(=O)OC(C)(C)C)C(C)(C)C)C(=O)O. The van der Waals surface area contributed by atoms with Gasteiger partial charge < -0.3 is 30.1 Å². The Labute approximate surface area is 303 Å². The number of likely N-dealkylation sites (tertiary alicyclic amines) is 1.